The molecule has 0 fully saturated rings. The molecule has 0 aliphatic heterocycles. The van der Waals surface area contributed by atoms with Crippen LogP contribution in [0.2, 0.25) is 0 Å². The van der Waals surface area contributed by atoms with E-state index in [-0.39, 0.29) is 5.97 Å². The second kappa shape index (κ2) is 9.50. The van der Waals surface area contributed by atoms with Crippen molar-refractivity contribution in [2.45, 2.75) is 45.1 Å². The molecule has 1 rings (SSSR count). The van der Waals surface area contributed by atoms with Gasteiger partial charge in [0.15, 0.2) is 0 Å². The molecule has 1 unspecified atom stereocenters. The van der Waals surface area contributed by atoms with Gasteiger partial charge >= 0.3 is 5.97 Å². The van der Waals surface area contributed by atoms with E-state index < -0.39 is 6.10 Å². The Balaban J connectivity index is 2.35. The van der Waals surface area contributed by atoms with Gasteiger partial charge in [-0.15, -0.1) is 0 Å². The Labute approximate surface area is 120 Å². The number of rotatable bonds is 9. The molecule has 0 aliphatic rings. The molecule has 0 amide bonds. The molecule has 0 saturated heterocycles. The highest BCUT2D eigenvalue weighted by Gasteiger charge is 2.07. The number of aliphatic hydroxyl groups is 1. The average molecular weight is 279 g/mol. The Bertz CT molecular complexity index is 389. The maximum atomic E-state index is 10.7. The van der Waals surface area contributed by atoms with Crippen LogP contribution in [-0.4, -0.2) is 24.2 Å². The largest absolute Gasteiger partial charge is 0.466 e. The average Bonchev–Trinajstić information content (AvgIpc) is 2.44. The molecular formula is C16H25NO3. The van der Waals surface area contributed by atoms with Crippen LogP contribution in [0.4, 0.5) is 0 Å². The molecule has 0 heterocycles. The quantitative estimate of drug-likeness (QED) is 0.537. The van der Waals surface area contributed by atoms with Crippen LogP contribution in [-0.2, 0) is 16.0 Å². The molecule has 0 bridgehead atoms. The number of benzene rings is 1. The number of nitrogens with two attached hydrogens (primary N) is 1. The van der Waals surface area contributed by atoms with E-state index in [4.69, 9.17) is 10.5 Å². The van der Waals surface area contributed by atoms with Crippen molar-refractivity contribution in [2.75, 3.05) is 13.2 Å². The van der Waals surface area contributed by atoms with Crippen molar-refractivity contribution in [1.82, 2.24) is 0 Å². The molecule has 1 atom stereocenters. The molecule has 0 aliphatic carbocycles. The Morgan fingerprint density at radius 3 is 2.55 bits per heavy atom. The summed E-state index contributed by atoms with van der Waals surface area (Å²) in [6.07, 6.45) is 4.14. The third-order valence-electron chi connectivity index (χ3n) is 3.24. The van der Waals surface area contributed by atoms with E-state index in [1.165, 1.54) is 6.92 Å². The highest BCUT2D eigenvalue weighted by atomic mass is 16.5. The van der Waals surface area contributed by atoms with Crippen LogP contribution in [0.25, 0.3) is 0 Å². The number of hydrogen-bond donors (Lipinski definition) is 2. The van der Waals surface area contributed by atoms with E-state index in [2.05, 4.69) is 0 Å². The topological polar surface area (TPSA) is 72.5 Å². The van der Waals surface area contributed by atoms with Gasteiger partial charge in [-0.3, -0.25) is 4.79 Å². The Hall–Kier alpha value is -1.39. The number of carbonyl (C=O) groups excluding carboxylic acids is 1. The minimum atomic E-state index is -0.407. The first-order valence-electron chi connectivity index (χ1n) is 7.24. The van der Waals surface area contributed by atoms with Crippen LogP contribution in [0.1, 0.15) is 49.8 Å². The second-order valence-electron chi connectivity index (χ2n) is 4.99. The van der Waals surface area contributed by atoms with Crippen molar-refractivity contribution in [3.05, 3.63) is 35.4 Å². The Morgan fingerprint density at radius 1 is 1.25 bits per heavy atom. The molecule has 1 aromatic carbocycles. The van der Waals surface area contributed by atoms with Crippen molar-refractivity contribution < 1.29 is 14.6 Å². The first-order valence-corrected chi connectivity index (χ1v) is 7.24. The van der Waals surface area contributed by atoms with Crippen LogP contribution >= 0.6 is 0 Å². The van der Waals surface area contributed by atoms with Crippen LogP contribution in [0.15, 0.2) is 24.3 Å². The summed E-state index contributed by atoms with van der Waals surface area (Å²) in [4.78, 5) is 10.7. The van der Waals surface area contributed by atoms with E-state index in [0.29, 0.717) is 19.6 Å². The molecule has 4 nitrogen and oxygen atoms in total. The van der Waals surface area contributed by atoms with Crippen molar-refractivity contribution >= 4 is 5.97 Å². The maximum absolute atomic E-state index is 10.7. The van der Waals surface area contributed by atoms with Gasteiger partial charge in [-0.05, 0) is 30.5 Å². The van der Waals surface area contributed by atoms with Gasteiger partial charge in [0, 0.05) is 13.3 Å². The van der Waals surface area contributed by atoms with Gasteiger partial charge < -0.3 is 15.6 Å². The summed E-state index contributed by atoms with van der Waals surface area (Å²) < 4.78 is 4.90. The summed E-state index contributed by atoms with van der Waals surface area (Å²) in [6.45, 7) is 2.52. The number of ether oxygens (including phenoxy) is 1. The van der Waals surface area contributed by atoms with Gasteiger partial charge in [0.25, 0.3) is 0 Å². The molecule has 0 radical (unpaired) electrons. The molecule has 112 valence electrons. The fourth-order valence-electron chi connectivity index (χ4n) is 2.04. The van der Waals surface area contributed by atoms with E-state index in [9.17, 15) is 9.90 Å². The first-order chi connectivity index (χ1) is 9.63. The van der Waals surface area contributed by atoms with Crippen LogP contribution in [0.3, 0.4) is 0 Å². The zero-order valence-corrected chi connectivity index (χ0v) is 12.2. The van der Waals surface area contributed by atoms with E-state index in [1.807, 2.05) is 24.3 Å². The Kier molecular flexibility index (Phi) is 7.92. The maximum Gasteiger partial charge on any atom is 0.302 e. The third kappa shape index (κ3) is 6.68. The van der Waals surface area contributed by atoms with Crippen LogP contribution in [0.5, 0.6) is 0 Å². The predicted molar refractivity (Wildman–Crippen MR) is 79.3 cm³/mol. The molecule has 20 heavy (non-hydrogen) atoms. The van der Waals surface area contributed by atoms with E-state index in [1.54, 1.807) is 0 Å². The smallest absolute Gasteiger partial charge is 0.302 e. The fraction of sp³-hybridized carbons (Fsp3) is 0.562. The number of unbranched alkanes of at least 4 members (excludes halogenated alkanes) is 2. The zero-order chi connectivity index (χ0) is 14.8. The molecular weight excluding hydrogens is 254 g/mol. The number of carbonyl (C=O) groups is 1. The third-order valence-corrected chi connectivity index (χ3v) is 3.24. The predicted octanol–water partition coefficient (Wildman–Crippen LogP) is 2.34. The van der Waals surface area contributed by atoms with Gasteiger partial charge in [-0.1, -0.05) is 37.1 Å². The molecule has 3 N–H and O–H groups in total. The lowest BCUT2D eigenvalue weighted by Crippen LogP contribution is -2.04. The van der Waals surface area contributed by atoms with E-state index >= 15 is 0 Å². The summed E-state index contributed by atoms with van der Waals surface area (Å²) in [7, 11) is 0. The number of esters is 1. The highest BCUT2D eigenvalue weighted by Crippen LogP contribution is 2.20. The van der Waals surface area contributed by atoms with Gasteiger partial charge in [0.2, 0.25) is 0 Å². The monoisotopic (exact) mass is 279 g/mol. The summed E-state index contributed by atoms with van der Waals surface area (Å²) in [6, 6.07) is 7.83. The zero-order valence-electron chi connectivity index (χ0n) is 12.2. The normalized spacial score (nSPS) is 12.2. The number of aliphatic hydroxyl groups excluding tert-OH is 1. The molecule has 0 aromatic heterocycles. The lowest BCUT2D eigenvalue weighted by Gasteiger charge is -2.11. The SMILES string of the molecule is CC(=O)OCCc1ccc(C(O)CCCCCN)cc1. The van der Waals surface area contributed by atoms with E-state index in [0.717, 1.165) is 36.8 Å². The number of hydrogen-bond acceptors (Lipinski definition) is 4. The molecule has 0 spiro atoms. The van der Waals surface area contributed by atoms with Crippen LogP contribution < -0.4 is 5.73 Å². The highest BCUT2D eigenvalue weighted by molar-refractivity contribution is 5.65. The van der Waals surface area contributed by atoms with Gasteiger partial charge in [0.05, 0.1) is 12.7 Å². The molecule has 0 saturated carbocycles. The van der Waals surface area contributed by atoms with Gasteiger partial charge in [-0.2, -0.15) is 0 Å². The minimum Gasteiger partial charge on any atom is -0.466 e. The van der Waals surface area contributed by atoms with Crippen molar-refractivity contribution in [3.63, 3.8) is 0 Å². The summed E-state index contributed by atoms with van der Waals surface area (Å²) >= 11 is 0. The fourth-order valence-corrected chi connectivity index (χ4v) is 2.04. The van der Waals surface area contributed by atoms with Crippen molar-refractivity contribution in [2.24, 2.45) is 5.73 Å². The Morgan fingerprint density at radius 2 is 1.95 bits per heavy atom. The summed E-state index contributed by atoms with van der Waals surface area (Å²) in [5.74, 6) is -0.255. The lowest BCUT2D eigenvalue weighted by atomic mass is 10.0. The first kappa shape index (κ1) is 16.7. The van der Waals surface area contributed by atoms with Gasteiger partial charge in [-0.25, -0.2) is 0 Å². The van der Waals surface area contributed by atoms with Crippen LogP contribution in [0, 0.1) is 0 Å². The van der Waals surface area contributed by atoms with Crippen molar-refractivity contribution in [3.8, 4) is 0 Å². The minimum absolute atomic E-state index is 0.255. The van der Waals surface area contributed by atoms with Crippen molar-refractivity contribution in [1.29, 1.82) is 0 Å². The second-order valence-corrected chi connectivity index (χ2v) is 4.99. The molecule has 4 heteroatoms. The van der Waals surface area contributed by atoms with Gasteiger partial charge in [0.1, 0.15) is 0 Å². The lowest BCUT2D eigenvalue weighted by molar-refractivity contribution is -0.140. The summed E-state index contributed by atoms with van der Waals surface area (Å²) in [5, 5.41) is 10.1. The standard InChI is InChI=1S/C16H25NO3/c1-13(18)20-12-10-14-6-8-15(9-7-14)16(19)5-3-2-4-11-17/h6-9,16,19H,2-5,10-12,17H2,1H3. The summed E-state index contributed by atoms with van der Waals surface area (Å²) in [5.41, 5.74) is 7.48. The molecule has 1 aromatic rings.